The molecule has 0 saturated carbocycles. The van der Waals surface area contributed by atoms with Gasteiger partial charge in [-0.1, -0.05) is 31.9 Å². The van der Waals surface area contributed by atoms with E-state index in [-0.39, 0.29) is 10.6 Å². The van der Waals surface area contributed by atoms with Crippen LogP contribution in [0.1, 0.15) is 11.1 Å². The highest BCUT2D eigenvalue weighted by Gasteiger charge is 2.13. The molecule has 0 amide bonds. The molecule has 20 heavy (non-hydrogen) atoms. The third-order valence-corrected chi connectivity index (χ3v) is 4.27. The minimum atomic E-state index is -0.366. The van der Waals surface area contributed by atoms with Gasteiger partial charge in [-0.15, -0.1) is 0 Å². The summed E-state index contributed by atoms with van der Waals surface area (Å²) in [6, 6.07) is 11.0. The first kappa shape index (κ1) is 15.0. The van der Waals surface area contributed by atoms with E-state index in [0.29, 0.717) is 16.6 Å². The minimum Gasteiger partial charge on any atom is -0.381 e. The Morgan fingerprint density at radius 3 is 2.60 bits per heavy atom. The number of halogens is 2. The molecule has 2 rings (SSSR count). The van der Waals surface area contributed by atoms with E-state index in [9.17, 15) is 10.1 Å². The Bertz CT molecular complexity index is 660. The van der Waals surface area contributed by atoms with Gasteiger partial charge in [0.1, 0.15) is 0 Å². The Morgan fingerprint density at radius 2 is 1.95 bits per heavy atom. The first-order valence-electron chi connectivity index (χ1n) is 5.90. The number of benzene rings is 2. The van der Waals surface area contributed by atoms with Gasteiger partial charge in [0.2, 0.25) is 0 Å². The third kappa shape index (κ3) is 3.58. The summed E-state index contributed by atoms with van der Waals surface area (Å²) in [4.78, 5) is 10.7. The quantitative estimate of drug-likeness (QED) is 0.578. The third-order valence-electron chi connectivity index (χ3n) is 2.88. The van der Waals surface area contributed by atoms with Crippen LogP contribution in [-0.2, 0) is 6.54 Å². The number of rotatable bonds is 4. The van der Waals surface area contributed by atoms with E-state index >= 15 is 0 Å². The Hall–Kier alpha value is -1.40. The molecule has 0 spiro atoms. The van der Waals surface area contributed by atoms with Gasteiger partial charge in [-0.3, -0.25) is 10.1 Å². The van der Waals surface area contributed by atoms with Gasteiger partial charge >= 0.3 is 0 Å². The maximum absolute atomic E-state index is 11.0. The lowest BCUT2D eigenvalue weighted by Gasteiger charge is -2.09. The molecule has 2 aromatic carbocycles. The van der Waals surface area contributed by atoms with Crippen molar-refractivity contribution in [2.24, 2.45) is 0 Å². The highest BCUT2D eigenvalue weighted by molar-refractivity contribution is 9.10. The number of nitro groups is 1. The van der Waals surface area contributed by atoms with Crippen molar-refractivity contribution in [3.63, 3.8) is 0 Å². The molecule has 0 radical (unpaired) electrons. The fourth-order valence-corrected chi connectivity index (χ4v) is 2.40. The number of anilines is 1. The molecule has 2 aromatic rings. The highest BCUT2D eigenvalue weighted by atomic mass is 79.9. The summed E-state index contributed by atoms with van der Waals surface area (Å²) in [5.74, 6) is 0. The molecule has 4 nitrogen and oxygen atoms in total. The predicted octanol–water partition coefficient (Wildman–Crippen LogP) is 5.04. The molecule has 0 saturated heterocycles. The van der Waals surface area contributed by atoms with E-state index in [1.54, 1.807) is 12.1 Å². The smallest absolute Gasteiger partial charge is 0.275 e. The summed E-state index contributed by atoms with van der Waals surface area (Å²) >= 11 is 6.69. The molecule has 0 aromatic heterocycles. The zero-order valence-electron chi connectivity index (χ0n) is 10.7. The second-order valence-electron chi connectivity index (χ2n) is 4.35. The maximum atomic E-state index is 11.0. The van der Waals surface area contributed by atoms with Gasteiger partial charge in [-0.05, 0) is 42.8 Å². The number of nitrogens with zero attached hydrogens (tertiary/aromatic N) is 1. The van der Waals surface area contributed by atoms with Gasteiger partial charge in [-0.25, -0.2) is 0 Å². The molecular formula is C14H12Br2N2O2. The van der Waals surface area contributed by atoms with E-state index in [0.717, 1.165) is 15.7 Å². The van der Waals surface area contributed by atoms with Gasteiger partial charge in [0.25, 0.3) is 5.69 Å². The summed E-state index contributed by atoms with van der Waals surface area (Å²) in [6.07, 6.45) is 0. The predicted molar refractivity (Wildman–Crippen MR) is 87.0 cm³/mol. The second kappa shape index (κ2) is 6.37. The Kier molecular flexibility index (Phi) is 4.77. The van der Waals surface area contributed by atoms with Crippen LogP contribution in [0.2, 0.25) is 0 Å². The van der Waals surface area contributed by atoms with E-state index in [4.69, 9.17) is 0 Å². The molecule has 104 valence electrons. The second-order valence-corrected chi connectivity index (χ2v) is 6.12. The Labute approximate surface area is 133 Å². The summed E-state index contributed by atoms with van der Waals surface area (Å²) in [5.41, 5.74) is 2.81. The van der Waals surface area contributed by atoms with Crippen molar-refractivity contribution in [3.8, 4) is 0 Å². The zero-order chi connectivity index (χ0) is 14.7. The Balaban J connectivity index is 2.18. The lowest BCUT2D eigenvalue weighted by molar-refractivity contribution is -0.385. The van der Waals surface area contributed by atoms with Crippen molar-refractivity contribution in [1.82, 2.24) is 0 Å². The Morgan fingerprint density at radius 1 is 1.20 bits per heavy atom. The van der Waals surface area contributed by atoms with Crippen LogP contribution in [0.3, 0.4) is 0 Å². The summed E-state index contributed by atoms with van der Waals surface area (Å²) in [5, 5.41) is 14.2. The number of nitrogens with one attached hydrogen (secondary N) is 1. The van der Waals surface area contributed by atoms with Crippen LogP contribution >= 0.6 is 31.9 Å². The van der Waals surface area contributed by atoms with Gasteiger partial charge < -0.3 is 5.32 Å². The first-order chi connectivity index (χ1) is 9.47. The number of nitro benzene ring substituents is 1. The van der Waals surface area contributed by atoms with Crippen molar-refractivity contribution < 1.29 is 4.92 Å². The van der Waals surface area contributed by atoms with Crippen molar-refractivity contribution >= 4 is 43.2 Å². The van der Waals surface area contributed by atoms with Gasteiger partial charge in [-0.2, -0.15) is 0 Å². The molecular weight excluding hydrogens is 388 g/mol. The van der Waals surface area contributed by atoms with Crippen LogP contribution in [0.15, 0.2) is 45.3 Å². The average molecular weight is 400 g/mol. The highest BCUT2D eigenvalue weighted by Crippen LogP contribution is 2.25. The minimum absolute atomic E-state index is 0.112. The van der Waals surface area contributed by atoms with E-state index in [1.165, 1.54) is 6.07 Å². The molecule has 0 bridgehead atoms. The van der Waals surface area contributed by atoms with Crippen LogP contribution in [0, 0.1) is 17.0 Å². The lowest BCUT2D eigenvalue weighted by Crippen LogP contribution is -2.03. The van der Waals surface area contributed by atoms with E-state index in [2.05, 4.69) is 37.2 Å². The molecule has 0 aliphatic carbocycles. The van der Waals surface area contributed by atoms with Gasteiger partial charge in [0.05, 0.1) is 4.92 Å². The SMILES string of the molecule is Cc1cc(NCc2ccc(Br)cc2[N+](=O)[O-])ccc1Br. The maximum Gasteiger partial charge on any atom is 0.275 e. The van der Waals surface area contributed by atoms with Crippen LogP contribution in [0.4, 0.5) is 11.4 Å². The first-order valence-corrected chi connectivity index (χ1v) is 7.49. The lowest BCUT2D eigenvalue weighted by atomic mass is 10.1. The number of aryl methyl sites for hydroxylation is 1. The normalized spacial score (nSPS) is 10.3. The van der Waals surface area contributed by atoms with E-state index < -0.39 is 0 Å². The van der Waals surface area contributed by atoms with Crippen molar-refractivity contribution in [2.75, 3.05) is 5.32 Å². The zero-order valence-corrected chi connectivity index (χ0v) is 13.9. The molecule has 6 heteroatoms. The van der Waals surface area contributed by atoms with Crippen LogP contribution in [-0.4, -0.2) is 4.92 Å². The average Bonchev–Trinajstić information content (AvgIpc) is 2.41. The molecule has 0 unspecified atom stereocenters. The van der Waals surface area contributed by atoms with E-state index in [1.807, 2.05) is 25.1 Å². The summed E-state index contributed by atoms with van der Waals surface area (Å²) in [7, 11) is 0. The van der Waals surface area contributed by atoms with Crippen LogP contribution in [0.25, 0.3) is 0 Å². The van der Waals surface area contributed by atoms with Crippen molar-refractivity contribution in [2.45, 2.75) is 13.5 Å². The van der Waals surface area contributed by atoms with Crippen LogP contribution < -0.4 is 5.32 Å². The fraction of sp³-hybridized carbons (Fsp3) is 0.143. The molecule has 1 N–H and O–H groups in total. The molecule has 0 aliphatic rings. The number of hydrogen-bond acceptors (Lipinski definition) is 3. The van der Waals surface area contributed by atoms with Gasteiger partial charge in [0.15, 0.2) is 0 Å². The molecule has 0 aliphatic heterocycles. The number of hydrogen-bond donors (Lipinski definition) is 1. The van der Waals surface area contributed by atoms with Crippen molar-refractivity contribution in [3.05, 3.63) is 66.6 Å². The summed E-state index contributed by atoms with van der Waals surface area (Å²) < 4.78 is 1.74. The van der Waals surface area contributed by atoms with Crippen molar-refractivity contribution in [1.29, 1.82) is 0 Å². The molecule has 0 atom stereocenters. The van der Waals surface area contributed by atoms with Gasteiger partial charge in [0, 0.05) is 32.8 Å². The topological polar surface area (TPSA) is 55.2 Å². The largest absolute Gasteiger partial charge is 0.381 e. The molecule has 0 heterocycles. The van der Waals surface area contributed by atoms with Crippen LogP contribution in [0.5, 0.6) is 0 Å². The summed E-state index contributed by atoms with van der Waals surface area (Å²) in [6.45, 7) is 2.40. The molecule has 0 fully saturated rings. The standard InChI is InChI=1S/C14H12Br2N2O2/c1-9-6-12(4-5-13(9)16)17-8-10-2-3-11(15)7-14(10)18(19)20/h2-7,17H,8H2,1H3. The monoisotopic (exact) mass is 398 g/mol. The fourth-order valence-electron chi connectivity index (χ4n) is 1.81.